The van der Waals surface area contributed by atoms with E-state index in [9.17, 15) is 9.59 Å². The van der Waals surface area contributed by atoms with Gasteiger partial charge in [-0.1, -0.05) is 32.9 Å². The third-order valence-corrected chi connectivity index (χ3v) is 4.21. The molecule has 0 spiro atoms. The molecule has 22 heavy (non-hydrogen) atoms. The van der Waals surface area contributed by atoms with Crippen LogP contribution < -0.4 is 4.90 Å². The molecule has 0 aromatic heterocycles. The molecule has 2 amide bonds. The zero-order valence-corrected chi connectivity index (χ0v) is 14.0. The van der Waals surface area contributed by atoms with Crippen molar-refractivity contribution in [3.05, 3.63) is 29.8 Å². The van der Waals surface area contributed by atoms with Crippen LogP contribution in [-0.2, 0) is 16.0 Å². The zero-order chi connectivity index (χ0) is 16.3. The van der Waals surface area contributed by atoms with Crippen LogP contribution in [0.3, 0.4) is 0 Å². The Morgan fingerprint density at radius 2 is 1.86 bits per heavy atom. The van der Waals surface area contributed by atoms with E-state index in [0.29, 0.717) is 25.4 Å². The Bertz CT molecular complexity index is 537. The van der Waals surface area contributed by atoms with Crippen LogP contribution in [0.15, 0.2) is 24.3 Å². The summed E-state index contributed by atoms with van der Waals surface area (Å²) in [5.74, 6) is 0.402. The van der Waals surface area contributed by atoms with Crippen molar-refractivity contribution in [2.45, 2.75) is 46.6 Å². The van der Waals surface area contributed by atoms with Gasteiger partial charge in [-0.3, -0.25) is 9.59 Å². The van der Waals surface area contributed by atoms with Gasteiger partial charge in [0.2, 0.25) is 11.8 Å². The molecule has 1 aliphatic heterocycles. The summed E-state index contributed by atoms with van der Waals surface area (Å²) in [4.78, 5) is 28.4. The largest absolute Gasteiger partial charge is 0.329 e. The normalized spacial score (nSPS) is 19.0. The first-order chi connectivity index (χ1) is 10.4. The Labute approximate surface area is 133 Å². The number of nitrogens with zero attached hydrogens (tertiary/aromatic N) is 2. The summed E-state index contributed by atoms with van der Waals surface area (Å²) < 4.78 is 0. The minimum atomic E-state index is -0.383. The Morgan fingerprint density at radius 3 is 2.41 bits per heavy atom. The van der Waals surface area contributed by atoms with Gasteiger partial charge >= 0.3 is 0 Å². The average Bonchev–Trinajstić information content (AvgIpc) is 2.49. The third kappa shape index (κ3) is 3.49. The predicted octanol–water partition coefficient (Wildman–Crippen LogP) is 2.86. The van der Waals surface area contributed by atoms with E-state index in [1.54, 1.807) is 9.80 Å². The molecule has 1 heterocycles. The maximum Gasteiger partial charge on any atom is 0.249 e. The number of hydrogen-bond acceptors (Lipinski definition) is 2. The molecule has 1 aliphatic rings. The van der Waals surface area contributed by atoms with Crippen LogP contribution in [0.25, 0.3) is 0 Å². The lowest BCUT2D eigenvalue weighted by atomic mass is 10.1. The van der Waals surface area contributed by atoms with Gasteiger partial charge in [0, 0.05) is 25.2 Å². The SMILES string of the molecule is CCc1ccc(N2CCN(C(=O)CC(C)C)[C@@H](C)C2=O)cc1. The van der Waals surface area contributed by atoms with Gasteiger partial charge in [0.25, 0.3) is 0 Å². The minimum Gasteiger partial charge on any atom is -0.329 e. The predicted molar refractivity (Wildman–Crippen MR) is 88.8 cm³/mol. The van der Waals surface area contributed by atoms with Gasteiger partial charge in [-0.15, -0.1) is 0 Å². The number of piperazine rings is 1. The Hall–Kier alpha value is -1.84. The van der Waals surface area contributed by atoms with Crippen molar-refractivity contribution in [2.75, 3.05) is 18.0 Å². The molecular formula is C18H26N2O2. The Balaban J connectivity index is 2.09. The fourth-order valence-corrected chi connectivity index (χ4v) is 2.85. The van der Waals surface area contributed by atoms with Gasteiger partial charge in [0.15, 0.2) is 0 Å². The summed E-state index contributed by atoms with van der Waals surface area (Å²) in [6.45, 7) is 9.16. The lowest BCUT2D eigenvalue weighted by molar-refractivity contribution is -0.141. The van der Waals surface area contributed by atoms with Gasteiger partial charge in [-0.25, -0.2) is 0 Å². The molecule has 4 nitrogen and oxygen atoms in total. The minimum absolute atomic E-state index is 0.00704. The van der Waals surface area contributed by atoms with E-state index in [1.165, 1.54) is 5.56 Å². The summed E-state index contributed by atoms with van der Waals surface area (Å²) >= 11 is 0. The van der Waals surface area contributed by atoms with Crippen molar-refractivity contribution in [3.8, 4) is 0 Å². The lowest BCUT2D eigenvalue weighted by Crippen LogP contribution is -2.57. The van der Waals surface area contributed by atoms with E-state index < -0.39 is 0 Å². The molecule has 0 radical (unpaired) electrons. The molecule has 0 N–H and O–H groups in total. The molecule has 4 heteroatoms. The Morgan fingerprint density at radius 1 is 1.23 bits per heavy atom. The maximum absolute atomic E-state index is 12.6. The van der Waals surface area contributed by atoms with Crippen LogP contribution in [0.2, 0.25) is 0 Å². The highest BCUT2D eigenvalue weighted by molar-refractivity contribution is 6.00. The molecule has 0 bridgehead atoms. The van der Waals surface area contributed by atoms with Crippen LogP contribution in [0.1, 0.15) is 39.7 Å². The molecule has 1 saturated heterocycles. The van der Waals surface area contributed by atoms with Crippen molar-refractivity contribution in [1.29, 1.82) is 0 Å². The summed E-state index contributed by atoms with van der Waals surface area (Å²) in [5.41, 5.74) is 2.18. The zero-order valence-electron chi connectivity index (χ0n) is 14.0. The number of carbonyl (C=O) groups is 2. The molecular weight excluding hydrogens is 276 g/mol. The second kappa shape index (κ2) is 6.95. The molecule has 2 rings (SSSR count). The summed E-state index contributed by atoms with van der Waals surface area (Å²) in [5, 5.41) is 0. The second-order valence-corrected chi connectivity index (χ2v) is 6.37. The molecule has 1 atom stereocenters. The first-order valence-electron chi connectivity index (χ1n) is 8.13. The van der Waals surface area contributed by atoms with E-state index in [2.05, 4.69) is 19.1 Å². The molecule has 0 unspecified atom stereocenters. The van der Waals surface area contributed by atoms with Crippen LogP contribution in [-0.4, -0.2) is 35.8 Å². The smallest absolute Gasteiger partial charge is 0.249 e. The molecule has 0 saturated carbocycles. The average molecular weight is 302 g/mol. The van der Waals surface area contributed by atoms with Crippen molar-refractivity contribution >= 4 is 17.5 Å². The van der Waals surface area contributed by atoms with E-state index in [0.717, 1.165) is 12.1 Å². The molecule has 120 valence electrons. The van der Waals surface area contributed by atoms with Gasteiger partial charge < -0.3 is 9.80 Å². The Kier molecular flexibility index (Phi) is 5.22. The monoisotopic (exact) mass is 302 g/mol. The highest BCUT2D eigenvalue weighted by Gasteiger charge is 2.34. The van der Waals surface area contributed by atoms with Gasteiger partial charge in [0.1, 0.15) is 6.04 Å². The highest BCUT2D eigenvalue weighted by Crippen LogP contribution is 2.22. The number of aryl methyl sites for hydroxylation is 1. The van der Waals surface area contributed by atoms with Crippen LogP contribution in [0, 0.1) is 5.92 Å². The number of benzene rings is 1. The summed E-state index contributed by atoms with van der Waals surface area (Å²) in [6.07, 6.45) is 1.49. The van der Waals surface area contributed by atoms with Crippen molar-refractivity contribution < 1.29 is 9.59 Å². The van der Waals surface area contributed by atoms with E-state index in [4.69, 9.17) is 0 Å². The number of amides is 2. The van der Waals surface area contributed by atoms with E-state index >= 15 is 0 Å². The summed E-state index contributed by atoms with van der Waals surface area (Å²) in [6, 6.07) is 7.72. The number of anilines is 1. The quantitative estimate of drug-likeness (QED) is 0.858. The molecule has 1 fully saturated rings. The fraction of sp³-hybridized carbons (Fsp3) is 0.556. The van der Waals surface area contributed by atoms with Gasteiger partial charge in [-0.2, -0.15) is 0 Å². The van der Waals surface area contributed by atoms with E-state index in [1.807, 2.05) is 32.9 Å². The first-order valence-corrected chi connectivity index (χ1v) is 8.13. The topological polar surface area (TPSA) is 40.6 Å². The van der Waals surface area contributed by atoms with Crippen molar-refractivity contribution in [1.82, 2.24) is 4.90 Å². The van der Waals surface area contributed by atoms with E-state index in [-0.39, 0.29) is 17.9 Å². The number of hydrogen-bond donors (Lipinski definition) is 0. The molecule has 1 aromatic carbocycles. The fourth-order valence-electron chi connectivity index (χ4n) is 2.85. The second-order valence-electron chi connectivity index (χ2n) is 6.37. The van der Waals surface area contributed by atoms with Crippen molar-refractivity contribution in [2.24, 2.45) is 5.92 Å². The highest BCUT2D eigenvalue weighted by atomic mass is 16.2. The van der Waals surface area contributed by atoms with Gasteiger partial charge in [-0.05, 0) is 37.0 Å². The molecule has 0 aliphatic carbocycles. The standard InChI is InChI=1S/C18H26N2O2/c1-5-15-6-8-16(9-7-15)20-11-10-19(14(4)18(20)22)17(21)12-13(2)3/h6-9,13-14H,5,10-12H2,1-4H3/t14-/m0/s1. The first kappa shape index (κ1) is 16.5. The maximum atomic E-state index is 12.6. The number of rotatable bonds is 4. The van der Waals surface area contributed by atoms with Crippen LogP contribution in [0.4, 0.5) is 5.69 Å². The number of carbonyl (C=O) groups excluding carboxylic acids is 2. The lowest BCUT2D eigenvalue weighted by Gasteiger charge is -2.39. The van der Waals surface area contributed by atoms with Gasteiger partial charge in [0.05, 0.1) is 0 Å². The summed E-state index contributed by atoms with van der Waals surface area (Å²) in [7, 11) is 0. The third-order valence-electron chi connectivity index (χ3n) is 4.21. The van der Waals surface area contributed by atoms with Crippen LogP contribution >= 0.6 is 0 Å². The van der Waals surface area contributed by atoms with Crippen molar-refractivity contribution in [3.63, 3.8) is 0 Å². The molecule has 1 aromatic rings. The van der Waals surface area contributed by atoms with Crippen LogP contribution in [0.5, 0.6) is 0 Å².